The van der Waals surface area contributed by atoms with Gasteiger partial charge in [-0.05, 0) is 37.1 Å². The highest BCUT2D eigenvalue weighted by Crippen LogP contribution is 2.24. The lowest BCUT2D eigenvalue weighted by Gasteiger charge is -2.23. The van der Waals surface area contributed by atoms with Crippen LogP contribution in [0.5, 0.6) is 0 Å². The molecule has 2 aromatic carbocycles. The molecule has 1 N–H and O–H groups in total. The van der Waals surface area contributed by atoms with E-state index in [1.54, 1.807) is 12.1 Å². The summed E-state index contributed by atoms with van der Waals surface area (Å²) < 4.78 is 41.4. The second kappa shape index (κ2) is 9.49. The van der Waals surface area contributed by atoms with Crippen molar-refractivity contribution in [3.8, 4) is 0 Å². The van der Waals surface area contributed by atoms with Gasteiger partial charge in [0.05, 0.1) is 11.4 Å². The number of nitrogens with one attached hydrogen (secondary N) is 1. The molecule has 0 aliphatic carbocycles. The van der Waals surface area contributed by atoms with Crippen LogP contribution < -0.4 is 5.32 Å². The van der Waals surface area contributed by atoms with Crippen molar-refractivity contribution in [1.82, 2.24) is 9.62 Å². The zero-order chi connectivity index (χ0) is 20.9. The summed E-state index contributed by atoms with van der Waals surface area (Å²) in [6.07, 6.45) is 0. The average Bonchev–Trinajstić information content (AvgIpc) is 2.62. The molecule has 0 atom stereocenters. The summed E-state index contributed by atoms with van der Waals surface area (Å²) in [5.41, 5.74) is 0.925. The van der Waals surface area contributed by atoms with E-state index in [0.717, 1.165) is 9.87 Å². The normalized spacial score (nSPS) is 11.8. The first-order chi connectivity index (χ1) is 13.1. The number of carbonyl (C=O) groups is 1. The molecule has 5 nitrogen and oxygen atoms in total. The van der Waals surface area contributed by atoms with Gasteiger partial charge in [-0.2, -0.15) is 4.31 Å². The molecular weight excluding hydrogens is 403 g/mol. The Kier molecular flexibility index (Phi) is 7.57. The fraction of sp³-hybridized carbons (Fsp3) is 0.350. The van der Waals surface area contributed by atoms with E-state index in [9.17, 15) is 17.6 Å². The Morgan fingerprint density at radius 1 is 1.18 bits per heavy atom. The second-order valence-electron chi connectivity index (χ2n) is 6.98. The van der Waals surface area contributed by atoms with Gasteiger partial charge in [-0.15, -0.1) is 0 Å². The summed E-state index contributed by atoms with van der Waals surface area (Å²) in [5.74, 6) is -0.872. The largest absolute Gasteiger partial charge is 0.355 e. The van der Waals surface area contributed by atoms with Crippen LogP contribution in [0.25, 0.3) is 0 Å². The van der Waals surface area contributed by atoms with E-state index < -0.39 is 28.3 Å². The quantitative estimate of drug-likeness (QED) is 0.699. The molecule has 2 aromatic rings. The molecule has 0 fully saturated rings. The highest BCUT2D eigenvalue weighted by molar-refractivity contribution is 7.89. The second-order valence-corrected chi connectivity index (χ2v) is 9.33. The number of aryl methyl sites for hydroxylation is 1. The molecule has 0 heterocycles. The summed E-state index contributed by atoms with van der Waals surface area (Å²) in [6.45, 7) is 5.33. The van der Waals surface area contributed by atoms with Crippen molar-refractivity contribution in [3.05, 3.63) is 64.4 Å². The molecule has 8 heteroatoms. The SMILES string of the molecule is Cc1ccc(S(=O)(=O)N(CC(=O)NCC(C)C)Cc2c(F)cccc2Cl)cc1. The minimum Gasteiger partial charge on any atom is -0.355 e. The number of nitrogens with zero attached hydrogens (tertiary/aromatic N) is 1. The van der Waals surface area contributed by atoms with Crippen LogP contribution >= 0.6 is 11.6 Å². The van der Waals surface area contributed by atoms with Crippen molar-refractivity contribution in [3.63, 3.8) is 0 Å². The van der Waals surface area contributed by atoms with Crippen LogP contribution in [0.1, 0.15) is 25.0 Å². The predicted molar refractivity (Wildman–Crippen MR) is 108 cm³/mol. The number of hydrogen-bond donors (Lipinski definition) is 1. The fourth-order valence-electron chi connectivity index (χ4n) is 2.48. The lowest BCUT2D eigenvalue weighted by atomic mass is 10.2. The maximum atomic E-state index is 14.2. The van der Waals surface area contributed by atoms with E-state index in [1.807, 2.05) is 20.8 Å². The predicted octanol–water partition coefficient (Wildman–Crippen LogP) is 3.75. The number of carbonyl (C=O) groups excluding carboxylic acids is 1. The maximum absolute atomic E-state index is 14.2. The fourth-order valence-corrected chi connectivity index (χ4v) is 4.07. The summed E-state index contributed by atoms with van der Waals surface area (Å²) >= 11 is 6.07. The number of sulfonamides is 1. The zero-order valence-electron chi connectivity index (χ0n) is 16.1. The molecule has 0 aliphatic heterocycles. The highest BCUT2D eigenvalue weighted by Gasteiger charge is 2.28. The zero-order valence-corrected chi connectivity index (χ0v) is 17.6. The van der Waals surface area contributed by atoms with E-state index in [0.29, 0.717) is 6.54 Å². The number of benzene rings is 2. The lowest BCUT2D eigenvalue weighted by molar-refractivity contribution is -0.121. The first kappa shape index (κ1) is 22.3. The monoisotopic (exact) mass is 426 g/mol. The van der Waals surface area contributed by atoms with Crippen LogP contribution in [0.15, 0.2) is 47.4 Å². The van der Waals surface area contributed by atoms with E-state index in [-0.39, 0.29) is 27.9 Å². The molecule has 0 spiro atoms. The van der Waals surface area contributed by atoms with Crippen LogP contribution in [0.2, 0.25) is 5.02 Å². The summed E-state index contributed by atoms with van der Waals surface area (Å²) in [7, 11) is -4.04. The molecule has 0 saturated heterocycles. The van der Waals surface area contributed by atoms with E-state index in [4.69, 9.17) is 11.6 Å². The Labute approximate surface area is 170 Å². The molecular formula is C20H24ClFN2O3S. The van der Waals surface area contributed by atoms with Crippen LogP contribution in [-0.4, -0.2) is 31.7 Å². The number of amides is 1. The van der Waals surface area contributed by atoms with Gasteiger partial charge in [0.25, 0.3) is 0 Å². The molecule has 0 bridgehead atoms. The molecule has 0 radical (unpaired) electrons. The van der Waals surface area contributed by atoms with Gasteiger partial charge in [-0.3, -0.25) is 4.79 Å². The Morgan fingerprint density at radius 2 is 1.82 bits per heavy atom. The first-order valence-electron chi connectivity index (χ1n) is 8.87. The van der Waals surface area contributed by atoms with Gasteiger partial charge in [-0.25, -0.2) is 12.8 Å². The van der Waals surface area contributed by atoms with Crippen LogP contribution in [-0.2, 0) is 21.4 Å². The van der Waals surface area contributed by atoms with Gasteiger partial charge < -0.3 is 5.32 Å². The Morgan fingerprint density at radius 3 is 2.39 bits per heavy atom. The molecule has 0 unspecified atom stereocenters. The minimum atomic E-state index is -4.04. The van der Waals surface area contributed by atoms with E-state index >= 15 is 0 Å². The minimum absolute atomic E-state index is 0.0245. The summed E-state index contributed by atoms with van der Waals surface area (Å²) in [4.78, 5) is 12.3. The van der Waals surface area contributed by atoms with Crippen molar-refractivity contribution in [2.24, 2.45) is 5.92 Å². The van der Waals surface area contributed by atoms with Gasteiger partial charge in [0.1, 0.15) is 5.82 Å². The number of halogens is 2. The van der Waals surface area contributed by atoms with Crippen molar-refractivity contribution in [1.29, 1.82) is 0 Å². The van der Waals surface area contributed by atoms with Crippen molar-refractivity contribution >= 4 is 27.5 Å². The first-order valence-corrected chi connectivity index (χ1v) is 10.7. The van der Waals surface area contributed by atoms with Crippen molar-refractivity contribution < 1.29 is 17.6 Å². The Hall–Kier alpha value is -1.96. The molecule has 0 aromatic heterocycles. The number of rotatable bonds is 8. The average molecular weight is 427 g/mol. The van der Waals surface area contributed by atoms with Crippen LogP contribution in [0.4, 0.5) is 4.39 Å². The van der Waals surface area contributed by atoms with Crippen molar-refractivity contribution in [2.45, 2.75) is 32.2 Å². The molecule has 0 aliphatic rings. The highest BCUT2D eigenvalue weighted by atomic mass is 35.5. The Bertz CT molecular complexity index is 911. The third-order valence-electron chi connectivity index (χ3n) is 4.08. The Balaban J connectivity index is 2.37. The molecule has 152 valence electrons. The van der Waals surface area contributed by atoms with Gasteiger partial charge in [0.15, 0.2) is 0 Å². The molecule has 28 heavy (non-hydrogen) atoms. The van der Waals surface area contributed by atoms with Gasteiger partial charge in [0, 0.05) is 23.7 Å². The summed E-state index contributed by atoms with van der Waals surface area (Å²) in [5, 5.41) is 2.79. The molecule has 2 rings (SSSR count). The summed E-state index contributed by atoms with van der Waals surface area (Å²) in [6, 6.07) is 10.4. The smallest absolute Gasteiger partial charge is 0.243 e. The standard InChI is InChI=1S/C20H24ClFN2O3S/c1-14(2)11-23-20(25)13-24(12-17-18(21)5-4-6-19(17)22)28(26,27)16-9-7-15(3)8-10-16/h4-10,14H,11-13H2,1-3H3,(H,23,25). The van der Waals surface area contributed by atoms with Gasteiger partial charge in [-0.1, -0.05) is 49.2 Å². The molecule has 0 saturated carbocycles. The van der Waals surface area contributed by atoms with Crippen LogP contribution in [0.3, 0.4) is 0 Å². The van der Waals surface area contributed by atoms with Gasteiger partial charge >= 0.3 is 0 Å². The lowest BCUT2D eigenvalue weighted by Crippen LogP contribution is -2.41. The molecule has 1 amide bonds. The maximum Gasteiger partial charge on any atom is 0.243 e. The van der Waals surface area contributed by atoms with Gasteiger partial charge in [0.2, 0.25) is 15.9 Å². The number of hydrogen-bond acceptors (Lipinski definition) is 3. The van der Waals surface area contributed by atoms with Crippen LogP contribution in [0, 0.1) is 18.7 Å². The van der Waals surface area contributed by atoms with E-state index in [1.165, 1.54) is 30.3 Å². The topological polar surface area (TPSA) is 66.5 Å². The van der Waals surface area contributed by atoms with Crippen molar-refractivity contribution in [2.75, 3.05) is 13.1 Å². The third-order valence-corrected chi connectivity index (χ3v) is 6.24. The van der Waals surface area contributed by atoms with E-state index in [2.05, 4.69) is 5.32 Å². The third kappa shape index (κ3) is 5.77.